The van der Waals surface area contributed by atoms with Crippen LogP contribution in [0.3, 0.4) is 0 Å². The molecule has 4 heteroatoms. The van der Waals surface area contributed by atoms with Gasteiger partial charge >= 0.3 is 0 Å². The molecule has 0 spiro atoms. The summed E-state index contributed by atoms with van der Waals surface area (Å²) in [6.07, 6.45) is 4.19. The summed E-state index contributed by atoms with van der Waals surface area (Å²) in [7, 11) is 0. The zero-order valence-electron chi connectivity index (χ0n) is 11.1. The van der Waals surface area contributed by atoms with Gasteiger partial charge in [0, 0.05) is 11.8 Å². The highest BCUT2D eigenvalue weighted by Crippen LogP contribution is 2.35. The summed E-state index contributed by atoms with van der Waals surface area (Å²) in [6, 6.07) is 0. The Kier molecular flexibility index (Phi) is 3.82. The van der Waals surface area contributed by atoms with Crippen LogP contribution in [0, 0.1) is 0 Å². The van der Waals surface area contributed by atoms with Crippen LogP contribution >= 0.6 is 0 Å². The summed E-state index contributed by atoms with van der Waals surface area (Å²) in [4.78, 5) is 4.66. The SMILES string of the molecule is CC[C@@H](O)Cn1nc(C(C)C)nc1C1CCC1. The van der Waals surface area contributed by atoms with Crippen LogP contribution in [0.2, 0.25) is 0 Å². The lowest BCUT2D eigenvalue weighted by Gasteiger charge is -2.25. The maximum absolute atomic E-state index is 9.77. The molecule has 1 atom stereocenters. The molecule has 1 aromatic rings. The zero-order chi connectivity index (χ0) is 12.4. The molecule has 1 aromatic heterocycles. The Morgan fingerprint density at radius 3 is 2.59 bits per heavy atom. The molecule has 0 amide bonds. The molecule has 1 saturated carbocycles. The number of nitrogens with zero attached hydrogens (tertiary/aromatic N) is 3. The van der Waals surface area contributed by atoms with Crippen LogP contribution in [0.4, 0.5) is 0 Å². The fraction of sp³-hybridized carbons (Fsp3) is 0.846. The van der Waals surface area contributed by atoms with E-state index in [0.717, 1.165) is 18.1 Å². The average Bonchev–Trinajstić information content (AvgIpc) is 2.60. The molecule has 96 valence electrons. The van der Waals surface area contributed by atoms with Gasteiger partial charge in [-0.2, -0.15) is 5.10 Å². The van der Waals surface area contributed by atoms with Crippen molar-refractivity contribution in [2.75, 3.05) is 0 Å². The van der Waals surface area contributed by atoms with Crippen molar-refractivity contribution in [1.82, 2.24) is 14.8 Å². The monoisotopic (exact) mass is 237 g/mol. The molecule has 1 aliphatic rings. The molecule has 0 saturated heterocycles. The summed E-state index contributed by atoms with van der Waals surface area (Å²) in [6.45, 7) is 6.80. The van der Waals surface area contributed by atoms with Gasteiger partial charge in [0.15, 0.2) is 5.82 Å². The third-order valence-corrected chi connectivity index (χ3v) is 3.56. The molecule has 0 aliphatic heterocycles. The first-order valence-corrected chi connectivity index (χ1v) is 6.74. The van der Waals surface area contributed by atoms with Crippen LogP contribution in [-0.4, -0.2) is 26.0 Å². The molecule has 1 heterocycles. The summed E-state index contributed by atoms with van der Waals surface area (Å²) >= 11 is 0. The number of aromatic nitrogens is 3. The maximum Gasteiger partial charge on any atom is 0.153 e. The average molecular weight is 237 g/mol. The molecule has 1 aliphatic carbocycles. The van der Waals surface area contributed by atoms with Crippen molar-refractivity contribution in [3.8, 4) is 0 Å². The van der Waals surface area contributed by atoms with Crippen molar-refractivity contribution in [1.29, 1.82) is 0 Å². The third-order valence-electron chi connectivity index (χ3n) is 3.56. The van der Waals surface area contributed by atoms with E-state index in [1.807, 2.05) is 11.6 Å². The lowest BCUT2D eigenvalue weighted by molar-refractivity contribution is 0.142. The maximum atomic E-state index is 9.77. The van der Waals surface area contributed by atoms with Crippen molar-refractivity contribution in [2.45, 2.75) is 70.9 Å². The second-order valence-corrected chi connectivity index (χ2v) is 5.35. The van der Waals surface area contributed by atoms with Gasteiger partial charge in [0.2, 0.25) is 0 Å². The number of hydrogen-bond donors (Lipinski definition) is 1. The fourth-order valence-electron chi connectivity index (χ4n) is 2.05. The summed E-state index contributed by atoms with van der Waals surface area (Å²) in [5.41, 5.74) is 0. The van der Waals surface area contributed by atoms with E-state index in [0.29, 0.717) is 18.4 Å². The minimum Gasteiger partial charge on any atom is -0.391 e. The van der Waals surface area contributed by atoms with E-state index in [1.165, 1.54) is 19.3 Å². The number of aliphatic hydroxyl groups is 1. The Hall–Kier alpha value is -0.900. The lowest BCUT2D eigenvalue weighted by atomic mass is 9.85. The Labute approximate surface area is 103 Å². The highest BCUT2D eigenvalue weighted by molar-refractivity contribution is 5.06. The number of aliphatic hydroxyl groups excluding tert-OH is 1. The standard InChI is InChI=1S/C13H23N3O/c1-4-11(17)8-16-13(10-6-5-7-10)14-12(15-16)9(2)3/h9-11,17H,4-8H2,1-3H3/t11-/m1/s1. The van der Waals surface area contributed by atoms with E-state index in [2.05, 4.69) is 23.9 Å². The Morgan fingerprint density at radius 1 is 1.41 bits per heavy atom. The first kappa shape index (κ1) is 12.6. The lowest BCUT2D eigenvalue weighted by Crippen LogP contribution is -2.22. The molecule has 17 heavy (non-hydrogen) atoms. The first-order valence-electron chi connectivity index (χ1n) is 6.74. The van der Waals surface area contributed by atoms with Crippen LogP contribution in [0.25, 0.3) is 0 Å². The van der Waals surface area contributed by atoms with E-state index in [1.54, 1.807) is 0 Å². The molecule has 0 unspecified atom stereocenters. The molecule has 4 nitrogen and oxygen atoms in total. The predicted octanol–water partition coefficient (Wildman–Crippen LogP) is 2.44. The Bertz CT molecular complexity index is 369. The van der Waals surface area contributed by atoms with E-state index in [4.69, 9.17) is 0 Å². The second-order valence-electron chi connectivity index (χ2n) is 5.35. The molecule has 0 aromatic carbocycles. The number of hydrogen-bond acceptors (Lipinski definition) is 3. The smallest absolute Gasteiger partial charge is 0.153 e. The van der Waals surface area contributed by atoms with Gasteiger partial charge in [-0.25, -0.2) is 9.67 Å². The molecular formula is C13H23N3O. The third kappa shape index (κ3) is 2.68. The van der Waals surface area contributed by atoms with Crippen molar-refractivity contribution in [3.63, 3.8) is 0 Å². The van der Waals surface area contributed by atoms with Crippen molar-refractivity contribution < 1.29 is 5.11 Å². The first-order chi connectivity index (χ1) is 8.11. The normalized spacial score (nSPS) is 18.4. The molecule has 2 rings (SSSR count). The second kappa shape index (κ2) is 5.17. The molecule has 1 fully saturated rings. The van der Waals surface area contributed by atoms with Crippen molar-refractivity contribution >= 4 is 0 Å². The summed E-state index contributed by atoms with van der Waals surface area (Å²) in [5.74, 6) is 2.93. The quantitative estimate of drug-likeness (QED) is 0.855. The Morgan fingerprint density at radius 2 is 2.12 bits per heavy atom. The van der Waals surface area contributed by atoms with E-state index >= 15 is 0 Å². The highest BCUT2D eigenvalue weighted by Gasteiger charge is 2.26. The van der Waals surface area contributed by atoms with Crippen molar-refractivity contribution in [2.24, 2.45) is 0 Å². The van der Waals surface area contributed by atoms with Gasteiger partial charge in [-0.3, -0.25) is 0 Å². The zero-order valence-corrected chi connectivity index (χ0v) is 11.1. The van der Waals surface area contributed by atoms with E-state index in [-0.39, 0.29) is 6.10 Å². The van der Waals surface area contributed by atoms with Gasteiger partial charge in [0.05, 0.1) is 12.6 Å². The minimum atomic E-state index is -0.310. The molecule has 1 N–H and O–H groups in total. The Balaban J connectivity index is 2.20. The van der Waals surface area contributed by atoms with Crippen LogP contribution in [0.15, 0.2) is 0 Å². The van der Waals surface area contributed by atoms with Gasteiger partial charge in [-0.05, 0) is 19.3 Å². The fourth-order valence-corrected chi connectivity index (χ4v) is 2.05. The van der Waals surface area contributed by atoms with Crippen LogP contribution in [-0.2, 0) is 6.54 Å². The van der Waals surface area contributed by atoms with E-state index < -0.39 is 0 Å². The molecular weight excluding hydrogens is 214 g/mol. The van der Waals surface area contributed by atoms with Crippen molar-refractivity contribution in [3.05, 3.63) is 11.6 Å². The van der Waals surface area contributed by atoms with Gasteiger partial charge in [-0.15, -0.1) is 0 Å². The molecule has 0 radical (unpaired) electrons. The van der Waals surface area contributed by atoms with Crippen LogP contribution in [0.5, 0.6) is 0 Å². The highest BCUT2D eigenvalue weighted by atomic mass is 16.3. The van der Waals surface area contributed by atoms with Gasteiger partial charge in [-0.1, -0.05) is 27.2 Å². The molecule has 0 bridgehead atoms. The van der Waals surface area contributed by atoms with E-state index in [9.17, 15) is 5.11 Å². The predicted molar refractivity (Wildman–Crippen MR) is 67.0 cm³/mol. The minimum absolute atomic E-state index is 0.310. The number of rotatable bonds is 5. The van der Waals surface area contributed by atoms with Gasteiger partial charge in [0.1, 0.15) is 5.82 Å². The van der Waals surface area contributed by atoms with Crippen LogP contribution < -0.4 is 0 Å². The van der Waals surface area contributed by atoms with Gasteiger partial charge < -0.3 is 5.11 Å². The van der Waals surface area contributed by atoms with Crippen LogP contribution in [0.1, 0.15) is 69.9 Å². The topological polar surface area (TPSA) is 50.9 Å². The van der Waals surface area contributed by atoms with Gasteiger partial charge in [0.25, 0.3) is 0 Å². The summed E-state index contributed by atoms with van der Waals surface area (Å²) in [5, 5.41) is 14.3. The summed E-state index contributed by atoms with van der Waals surface area (Å²) < 4.78 is 1.94. The largest absolute Gasteiger partial charge is 0.391 e.